The minimum Gasteiger partial charge on any atom is -0.453 e. The van der Waals surface area contributed by atoms with E-state index in [1.54, 1.807) is 24.3 Å². The lowest BCUT2D eigenvalue weighted by atomic mass is 9.97. The van der Waals surface area contributed by atoms with E-state index in [4.69, 9.17) is 16.3 Å². The van der Waals surface area contributed by atoms with Gasteiger partial charge in [-0.2, -0.15) is 0 Å². The van der Waals surface area contributed by atoms with Crippen molar-refractivity contribution in [3.63, 3.8) is 0 Å². The summed E-state index contributed by atoms with van der Waals surface area (Å²) >= 11 is 6.06. The summed E-state index contributed by atoms with van der Waals surface area (Å²) in [5, 5.41) is 11.6. The second kappa shape index (κ2) is 5.38. The fourth-order valence-electron chi connectivity index (χ4n) is 2.52. The number of hydrogen-bond acceptors (Lipinski definition) is 4. The number of nitro groups is 1. The molecule has 2 aromatic rings. The molecule has 1 unspecified atom stereocenters. The van der Waals surface area contributed by atoms with Gasteiger partial charge in [-0.1, -0.05) is 29.8 Å². The van der Waals surface area contributed by atoms with Crippen LogP contribution in [0.5, 0.6) is 0 Å². The van der Waals surface area contributed by atoms with Gasteiger partial charge < -0.3 is 4.74 Å². The van der Waals surface area contributed by atoms with Crippen LogP contribution in [0.1, 0.15) is 27.6 Å². The summed E-state index contributed by atoms with van der Waals surface area (Å²) in [6.45, 7) is 0. The maximum Gasteiger partial charge on any atom is 0.339 e. The molecule has 0 N–H and O–H groups in total. The summed E-state index contributed by atoms with van der Waals surface area (Å²) in [7, 11) is 0. The lowest BCUT2D eigenvalue weighted by Crippen LogP contribution is -2.05. The van der Waals surface area contributed by atoms with E-state index >= 15 is 0 Å². The SMILES string of the molecule is O=C1OC(Cc2ccccc2Cl)c2c1cc(F)cc2[N+](=O)[O-]. The number of carbonyl (C=O) groups is 1. The van der Waals surface area contributed by atoms with E-state index in [9.17, 15) is 19.3 Å². The molecule has 0 radical (unpaired) electrons. The van der Waals surface area contributed by atoms with E-state index in [-0.39, 0.29) is 17.5 Å². The zero-order valence-corrected chi connectivity index (χ0v) is 11.8. The van der Waals surface area contributed by atoms with Crippen LogP contribution in [0.2, 0.25) is 5.02 Å². The zero-order chi connectivity index (χ0) is 15.9. The molecule has 1 aliphatic rings. The summed E-state index contributed by atoms with van der Waals surface area (Å²) in [5.74, 6) is -1.62. The highest BCUT2D eigenvalue weighted by Crippen LogP contribution is 2.40. The minimum atomic E-state index is -0.858. The number of halogens is 2. The van der Waals surface area contributed by atoms with E-state index in [0.717, 1.165) is 12.1 Å². The molecular weight excluding hydrogens is 313 g/mol. The number of nitrogens with zero attached hydrogens (tertiary/aromatic N) is 1. The standard InChI is InChI=1S/C15H9ClFNO4/c16-11-4-2-1-3-8(11)5-13-14-10(15(19)22-13)6-9(17)7-12(14)18(20)21/h1-4,6-7,13H,5H2. The Kier molecular flexibility index (Phi) is 3.54. The van der Waals surface area contributed by atoms with Gasteiger partial charge in [-0.05, 0) is 17.7 Å². The van der Waals surface area contributed by atoms with Gasteiger partial charge in [0, 0.05) is 11.4 Å². The monoisotopic (exact) mass is 321 g/mol. The molecule has 3 rings (SSSR count). The molecule has 2 aromatic carbocycles. The van der Waals surface area contributed by atoms with Gasteiger partial charge in [-0.3, -0.25) is 10.1 Å². The molecule has 0 aromatic heterocycles. The number of benzene rings is 2. The van der Waals surface area contributed by atoms with Crippen LogP contribution in [0.25, 0.3) is 0 Å². The maximum absolute atomic E-state index is 13.4. The average molecular weight is 322 g/mol. The summed E-state index contributed by atoms with van der Waals surface area (Å²) in [6.07, 6.45) is -0.673. The number of fused-ring (bicyclic) bond motifs is 1. The minimum absolute atomic E-state index is 0.0938. The van der Waals surface area contributed by atoms with Crippen molar-refractivity contribution >= 4 is 23.3 Å². The van der Waals surface area contributed by atoms with E-state index < -0.39 is 28.5 Å². The third-order valence-electron chi connectivity index (χ3n) is 3.47. The molecule has 7 heteroatoms. The van der Waals surface area contributed by atoms with Crippen molar-refractivity contribution in [2.24, 2.45) is 0 Å². The molecule has 1 atom stereocenters. The first-order valence-corrected chi connectivity index (χ1v) is 6.77. The lowest BCUT2D eigenvalue weighted by molar-refractivity contribution is -0.386. The van der Waals surface area contributed by atoms with Gasteiger partial charge in [0.25, 0.3) is 5.69 Å². The van der Waals surface area contributed by atoms with Crippen LogP contribution in [-0.2, 0) is 11.2 Å². The molecule has 0 spiro atoms. The molecule has 0 saturated heterocycles. The Morgan fingerprint density at radius 3 is 2.73 bits per heavy atom. The van der Waals surface area contributed by atoms with Crippen LogP contribution in [0, 0.1) is 15.9 Å². The van der Waals surface area contributed by atoms with Crippen LogP contribution in [0.15, 0.2) is 36.4 Å². The highest BCUT2D eigenvalue weighted by Gasteiger charge is 2.38. The number of hydrogen-bond donors (Lipinski definition) is 0. The molecule has 0 bridgehead atoms. The van der Waals surface area contributed by atoms with Gasteiger partial charge in [-0.15, -0.1) is 0 Å². The fourth-order valence-corrected chi connectivity index (χ4v) is 2.73. The largest absolute Gasteiger partial charge is 0.453 e. The topological polar surface area (TPSA) is 69.4 Å². The Bertz CT molecular complexity index is 793. The number of cyclic esters (lactones) is 1. The Morgan fingerprint density at radius 2 is 2.05 bits per heavy atom. The van der Waals surface area contributed by atoms with E-state index in [1.807, 2.05) is 0 Å². The van der Waals surface area contributed by atoms with Gasteiger partial charge in [0.05, 0.1) is 22.1 Å². The molecule has 22 heavy (non-hydrogen) atoms. The van der Waals surface area contributed by atoms with E-state index in [1.165, 1.54) is 0 Å². The average Bonchev–Trinajstić information content (AvgIpc) is 2.77. The van der Waals surface area contributed by atoms with Crippen molar-refractivity contribution in [2.75, 3.05) is 0 Å². The van der Waals surface area contributed by atoms with Crippen LogP contribution >= 0.6 is 11.6 Å². The predicted octanol–water partition coefficient (Wildman–Crippen LogP) is 3.84. The lowest BCUT2D eigenvalue weighted by Gasteiger charge is -2.12. The molecule has 1 heterocycles. The molecule has 1 aliphatic heterocycles. The fraction of sp³-hybridized carbons (Fsp3) is 0.133. The summed E-state index contributed by atoms with van der Waals surface area (Å²) in [4.78, 5) is 22.2. The first-order chi connectivity index (χ1) is 10.5. The van der Waals surface area contributed by atoms with Gasteiger partial charge in [-0.25, -0.2) is 9.18 Å². The van der Waals surface area contributed by atoms with E-state index in [0.29, 0.717) is 10.6 Å². The summed E-state index contributed by atoms with van der Waals surface area (Å²) in [5.41, 5.74) is 0.214. The van der Waals surface area contributed by atoms with Crippen molar-refractivity contribution in [3.05, 3.63) is 74.0 Å². The molecule has 0 saturated carbocycles. The van der Waals surface area contributed by atoms with Crippen molar-refractivity contribution in [1.29, 1.82) is 0 Å². The van der Waals surface area contributed by atoms with E-state index in [2.05, 4.69) is 0 Å². The Hall–Kier alpha value is -2.47. The normalized spacial score (nSPS) is 16.3. The third-order valence-corrected chi connectivity index (χ3v) is 3.84. The zero-order valence-electron chi connectivity index (χ0n) is 11.1. The Morgan fingerprint density at radius 1 is 1.32 bits per heavy atom. The third kappa shape index (κ3) is 2.42. The first kappa shape index (κ1) is 14.5. The van der Waals surface area contributed by atoms with Crippen LogP contribution in [0.4, 0.5) is 10.1 Å². The van der Waals surface area contributed by atoms with Crippen LogP contribution < -0.4 is 0 Å². The highest BCUT2D eigenvalue weighted by molar-refractivity contribution is 6.31. The Balaban J connectivity index is 2.07. The van der Waals surface area contributed by atoms with Gasteiger partial charge in [0.15, 0.2) is 0 Å². The molecular formula is C15H9ClFNO4. The number of rotatable bonds is 3. The van der Waals surface area contributed by atoms with Gasteiger partial charge in [0.1, 0.15) is 11.9 Å². The second-order valence-corrected chi connectivity index (χ2v) is 5.24. The van der Waals surface area contributed by atoms with Crippen molar-refractivity contribution in [2.45, 2.75) is 12.5 Å². The quantitative estimate of drug-likeness (QED) is 0.489. The molecule has 0 fully saturated rings. The van der Waals surface area contributed by atoms with Crippen molar-refractivity contribution in [3.8, 4) is 0 Å². The second-order valence-electron chi connectivity index (χ2n) is 4.83. The summed E-state index contributed by atoms with van der Waals surface area (Å²) in [6, 6.07) is 8.67. The number of nitro benzene ring substituents is 1. The molecule has 112 valence electrons. The van der Waals surface area contributed by atoms with Crippen molar-refractivity contribution in [1.82, 2.24) is 0 Å². The van der Waals surface area contributed by atoms with Gasteiger partial charge in [0.2, 0.25) is 0 Å². The Labute approximate surface area is 129 Å². The number of ether oxygens (including phenoxy) is 1. The molecule has 0 amide bonds. The van der Waals surface area contributed by atoms with Gasteiger partial charge >= 0.3 is 5.97 Å². The smallest absolute Gasteiger partial charge is 0.339 e. The first-order valence-electron chi connectivity index (χ1n) is 6.39. The number of esters is 1. The highest BCUT2D eigenvalue weighted by atomic mass is 35.5. The predicted molar refractivity (Wildman–Crippen MR) is 76.4 cm³/mol. The number of carbonyl (C=O) groups excluding carboxylic acids is 1. The van der Waals surface area contributed by atoms with Crippen LogP contribution in [0.3, 0.4) is 0 Å². The maximum atomic E-state index is 13.4. The molecule has 0 aliphatic carbocycles. The molecule has 5 nitrogen and oxygen atoms in total. The van der Waals surface area contributed by atoms with Crippen LogP contribution in [-0.4, -0.2) is 10.9 Å². The van der Waals surface area contributed by atoms with Crippen molar-refractivity contribution < 1.29 is 18.8 Å². The summed E-state index contributed by atoms with van der Waals surface area (Å²) < 4.78 is 18.6.